The molecule has 204 valence electrons. The number of rotatable bonds is 10. The molecule has 39 heavy (non-hydrogen) atoms. The Balaban J connectivity index is 1.26. The summed E-state index contributed by atoms with van der Waals surface area (Å²) in [4.78, 5) is 28.6. The zero-order valence-corrected chi connectivity index (χ0v) is 22.4. The Bertz CT molecular complexity index is 1230. The molecule has 0 bridgehead atoms. The molecule has 1 unspecified atom stereocenters. The standard InChI is InChI=1S/C33H39N3O3/c34-31(26-11-5-2-6-12-26)33(39)36(27-19-20-27)21-23-15-17-24(18-16-23)28-13-7-8-14-29(28)32(38)35-30(22-37)25-9-3-1-4-10-25/h1-6,9-12,15-18,27-31,37H,7-8,13-14,19-22,34H2,(H,35,38)/t28-,29+,30+,31?/m1/s1. The van der Waals surface area contributed by atoms with Gasteiger partial charge in [-0.1, -0.05) is 97.8 Å². The molecule has 3 aromatic rings. The maximum Gasteiger partial charge on any atom is 0.244 e. The molecule has 0 radical (unpaired) electrons. The molecule has 0 spiro atoms. The summed E-state index contributed by atoms with van der Waals surface area (Å²) in [5.41, 5.74) is 10.3. The first-order valence-corrected chi connectivity index (χ1v) is 14.2. The van der Waals surface area contributed by atoms with Crippen LogP contribution in [-0.4, -0.2) is 34.5 Å². The van der Waals surface area contributed by atoms with Crippen LogP contribution in [0.3, 0.4) is 0 Å². The third kappa shape index (κ3) is 6.57. The van der Waals surface area contributed by atoms with Crippen molar-refractivity contribution in [3.63, 3.8) is 0 Å². The lowest BCUT2D eigenvalue weighted by Crippen LogP contribution is -2.39. The molecule has 2 saturated carbocycles. The van der Waals surface area contributed by atoms with Crippen molar-refractivity contribution in [2.45, 2.75) is 69.1 Å². The predicted octanol–water partition coefficient (Wildman–Crippen LogP) is 5.00. The zero-order chi connectivity index (χ0) is 27.2. The van der Waals surface area contributed by atoms with E-state index in [-0.39, 0.29) is 36.3 Å². The number of hydrogen-bond acceptors (Lipinski definition) is 4. The van der Waals surface area contributed by atoms with Crippen molar-refractivity contribution >= 4 is 11.8 Å². The van der Waals surface area contributed by atoms with Gasteiger partial charge in [-0.05, 0) is 53.9 Å². The quantitative estimate of drug-likeness (QED) is 0.347. The highest BCUT2D eigenvalue weighted by Crippen LogP contribution is 2.39. The Morgan fingerprint density at radius 3 is 2.08 bits per heavy atom. The smallest absolute Gasteiger partial charge is 0.244 e. The molecule has 0 aliphatic heterocycles. The van der Waals surface area contributed by atoms with Crippen LogP contribution in [0.4, 0.5) is 0 Å². The van der Waals surface area contributed by atoms with Gasteiger partial charge in [0.2, 0.25) is 11.8 Å². The molecular weight excluding hydrogens is 486 g/mol. The Morgan fingerprint density at radius 2 is 1.46 bits per heavy atom. The second kappa shape index (κ2) is 12.6. The Kier molecular flexibility index (Phi) is 8.74. The van der Waals surface area contributed by atoms with Gasteiger partial charge >= 0.3 is 0 Å². The summed E-state index contributed by atoms with van der Waals surface area (Å²) in [6, 6.07) is 26.8. The molecule has 0 heterocycles. The van der Waals surface area contributed by atoms with E-state index in [0.29, 0.717) is 6.54 Å². The highest BCUT2D eigenvalue weighted by molar-refractivity contribution is 5.83. The Labute approximate surface area is 231 Å². The minimum absolute atomic E-state index is 0.00656. The molecule has 0 aromatic heterocycles. The summed E-state index contributed by atoms with van der Waals surface area (Å²) in [6.07, 6.45) is 5.96. The number of carbonyl (C=O) groups excluding carboxylic acids is 2. The summed E-state index contributed by atoms with van der Waals surface area (Å²) >= 11 is 0. The summed E-state index contributed by atoms with van der Waals surface area (Å²) < 4.78 is 0. The van der Waals surface area contributed by atoms with Crippen LogP contribution in [-0.2, 0) is 16.1 Å². The van der Waals surface area contributed by atoms with Gasteiger partial charge in [-0.2, -0.15) is 0 Å². The summed E-state index contributed by atoms with van der Waals surface area (Å²) in [7, 11) is 0. The van der Waals surface area contributed by atoms with Crippen molar-refractivity contribution in [2.75, 3.05) is 6.61 Å². The van der Waals surface area contributed by atoms with Crippen LogP contribution in [0.1, 0.15) is 78.8 Å². The lowest BCUT2D eigenvalue weighted by Gasteiger charge is -2.32. The molecule has 2 fully saturated rings. The first-order valence-electron chi connectivity index (χ1n) is 14.2. The molecule has 2 aliphatic rings. The maximum atomic E-state index is 13.4. The zero-order valence-electron chi connectivity index (χ0n) is 22.4. The van der Waals surface area contributed by atoms with Crippen LogP contribution in [0.2, 0.25) is 0 Å². The monoisotopic (exact) mass is 525 g/mol. The third-order valence-corrected chi connectivity index (χ3v) is 8.26. The average Bonchev–Trinajstić information content (AvgIpc) is 3.84. The van der Waals surface area contributed by atoms with E-state index < -0.39 is 12.1 Å². The number of aliphatic hydroxyl groups is 1. The van der Waals surface area contributed by atoms with Crippen LogP contribution in [0.5, 0.6) is 0 Å². The van der Waals surface area contributed by atoms with E-state index >= 15 is 0 Å². The topological polar surface area (TPSA) is 95.7 Å². The van der Waals surface area contributed by atoms with Crippen LogP contribution >= 0.6 is 0 Å². The number of carbonyl (C=O) groups is 2. The van der Waals surface area contributed by atoms with Gasteiger partial charge in [0.15, 0.2) is 0 Å². The Hall–Kier alpha value is -3.48. The fourth-order valence-electron chi connectivity index (χ4n) is 5.86. The second-order valence-electron chi connectivity index (χ2n) is 11.0. The summed E-state index contributed by atoms with van der Waals surface area (Å²) in [6.45, 7) is 0.403. The van der Waals surface area contributed by atoms with Crippen molar-refractivity contribution in [3.8, 4) is 0 Å². The van der Waals surface area contributed by atoms with Crippen molar-refractivity contribution < 1.29 is 14.7 Å². The summed E-state index contributed by atoms with van der Waals surface area (Å²) in [5, 5.41) is 13.0. The van der Waals surface area contributed by atoms with Gasteiger partial charge in [-0.3, -0.25) is 9.59 Å². The SMILES string of the molecule is NC(C(=O)N(Cc1ccc([C@H]2CCCC[C@@H]2C(=O)N[C@@H](CO)c2ccccc2)cc1)C1CC1)c1ccccc1. The minimum Gasteiger partial charge on any atom is -0.394 e. The van der Waals surface area contributed by atoms with E-state index in [9.17, 15) is 14.7 Å². The van der Waals surface area contributed by atoms with Crippen LogP contribution < -0.4 is 11.1 Å². The fraction of sp³-hybridized carbons (Fsp3) is 0.394. The van der Waals surface area contributed by atoms with E-state index in [1.165, 1.54) is 0 Å². The van der Waals surface area contributed by atoms with Gasteiger partial charge in [0, 0.05) is 18.5 Å². The van der Waals surface area contributed by atoms with Gasteiger partial charge in [-0.15, -0.1) is 0 Å². The minimum atomic E-state index is -0.661. The first-order chi connectivity index (χ1) is 19.0. The van der Waals surface area contributed by atoms with Crippen LogP contribution in [0, 0.1) is 5.92 Å². The fourth-order valence-corrected chi connectivity index (χ4v) is 5.86. The van der Waals surface area contributed by atoms with Gasteiger partial charge in [0.05, 0.1) is 12.6 Å². The first kappa shape index (κ1) is 27.1. The molecule has 3 aromatic carbocycles. The molecule has 4 atom stereocenters. The highest BCUT2D eigenvalue weighted by atomic mass is 16.3. The lowest BCUT2D eigenvalue weighted by atomic mass is 9.74. The Morgan fingerprint density at radius 1 is 0.846 bits per heavy atom. The maximum absolute atomic E-state index is 13.4. The van der Waals surface area contributed by atoms with Gasteiger partial charge < -0.3 is 21.1 Å². The number of nitrogens with two attached hydrogens (primary N) is 1. The molecular formula is C33H39N3O3. The van der Waals surface area contributed by atoms with Crippen molar-refractivity contribution in [1.82, 2.24) is 10.2 Å². The van der Waals surface area contributed by atoms with Crippen molar-refractivity contribution in [1.29, 1.82) is 0 Å². The average molecular weight is 526 g/mol. The van der Waals surface area contributed by atoms with Crippen LogP contribution in [0.15, 0.2) is 84.9 Å². The number of nitrogens with one attached hydrogen (secondary N) is 1. The predicted molar refractivity (Wildman–Crippen MR) is 152 cm³/mol. The van der Waals surface area contributed by atoms with Gasteiger partial charge in [-0.25, -0.2) is 0 Å². The van der Waals surface area contributed by atoms with E-state index in [1.807, 2.05) is 65.6 Å². The largest absolute Gasteiger partial charge is 0.394 e. The molecule has 4 N–H and O–H groups in total. The normalized spacial score (nSPS) is 20.6. The molecule has 6 heteroatoms. The van der Waals surface area contributed by atoms with E-state index in [1.54, 1.807) is 0 Å². The number of aliphatic hydroxyl groups excluding tert-OH is 1. The number of benzene rings is 3. The van der Waals surface area contributed by atoms with Gasteiger partial charge in [0.25, 0.3) is 0 Å². The third-order valence-electron chi connectivity index (χ3n) is 8.26. The number of hydrogen-bond donors (Lipinski definition) is 3. The lowest BCUT2D eigenvalue weighted by molar-refractivity contribution is -0.134. The number of nitrogens with zero attached hydrogens (tertiary/aromatic N) is 1. The second-order valence-corrected chi connectivity index (χ2v) is 11.0. The molecule has 2 amide bonds. The van der Waals surface area contributed by atoms with Gasteiger partial charge in [0.1, 0.15) is 6.04 Å². The van der Waals surface area contributed by atoms with Crippen molar-refractivity contribution in [2.24, 2.45) is 11.7 Å². The molecule has 2 aliphatic carbocycles. The summed E-state index contributed by atoms with van der Waals surface area (Å²) in [5.74, 6) is -0.0212. The van der Waals surface area contributed by atoms with Crippen molar-refractivity contribution in [3.05, 3.63) is 107 Å². The molecule has 6 nitrogen and oxygen atoms in total. The van der Waals surface area contributed by atoms with E-state index in [2.05, 4.69) is 29.6 Å². The van der Waals surface area contributed by atoms with Crippen LogP contribution in [0.25, 0.3) is 0 Å². The van der Waals surface area contributed by atoms with E-state index in [4.69, 9.17) is 5.73 Å². The highest BCUT2D eigenvalue weighted by Gasteiger charge is 2.36. The number of amides is 2. The molecule has 5 rings (SSSR count). The van der Waals surface area contributed by atoms with E-state index in [0.717, 1.165) is 60.8 Å². The molecule has 0 saturated heterocycles.